The molecule has 0 rings (SSSR count). The van der Waals surface area contributed by atoms with Crippen molar-refractivity contribution < 1.29 is 16.8 Å². The van der Waals surface area contributed by atoms with Crippen molar-refractivity contribution in [3.63, 3.8) is 0 Å². The van der Waals surface area contributed by atoms with Gasteiger partial charge in [0, 0.05) is 16.3 Å². The Morgan fingerprint density at radius 2 is 1.50 bits per heavy atom. The molecule has 2 unspecified atom stereocenters. The van der Waals surface area contributed by atoms with Crippen molar-refractivity contribution in [2.24, 2.45) is 15.4 Å². The van der Waals surface area contributed by atoms with Crippen LogP contribution in [0.3, 0.4) is 0 Å². The molecule has 0 saturated carbocycles. The second-order valence-electron chi connectivity index (χ2n) is 4.15. The number of primary sulfonamides is 2. The number of nitrogens with zero attached hydrogens (tertiary/aromatic N) is 3. The van der Waals surface area contributed by atoms with Gasteiger partial charge in [0.05, 0.1) is 11.5 Å². The third-order valence-corrected chi connectivity index (χ3v) is 3.70. The van der Waals surface area contributed by atoms with Crippen LogP contribution in [0.1, 0.15) is 26.7 Å². The van der Waals surface area contributed by atoms with Gasteiger partial charge in [-0.15, -0.1) is 11.6 Å². The van der Waals surface area contributed by atoms with E-state index in [1.54, 1.807) is 13.8 Å². The zero-order valence-electron chi connectivity index (χ0n) is 11.3. The predicted octanol–water partition coefficient (Wildman–Crippen LogP) is 0.656. The van der Waals surface area contributed by atoms with Gasteiger partial charge >= 0.3 is 0 Å². The van der Waals surface area contributed by atoms with Crippen LogP contribution >= 0.6 is 11.6 Å². The highest BCUT2D eigenvalue weighted by Gasteiger charge is 2.05. The molecule has 0 heterocycles. The van der Waals surface area contributed by atoms with Gasteiger partial charge in [-0.05, 0) is 25.3 Å². The quantitative estimate of drug-likeness (QED) is 0.298. The van der Waals surface area contributed by atoms with Crippen LogP contribution in [0.5, 0.6) is 0 Å². The Labute approximate surface area is 124 Å². The number of nitrogens with two attached hydrogens (primary N) is 2. The summed E-state index contributed by atoms with van der Waals surface area (Å²) in [6, 6.07) is -0.321. The maximum atomic E-state index is 10.4. The molecule has 0 aliphatic carbocycles. The molecule has 2 atom stereocenters. The Balaban J connectivity index is 0. The molecule has 0 aromatic heterocycles. The monoisotopic (exact) mass is 349 g/mol. The van der Waals surface area contributed by atoms with Crippen LogP contribution in [-0.4, -0.2) is 39.8 Å². The van der Waals surface area contributed by atoms with Gasteiger partial charge < -0.3 is 0 Å². The summed E-state index contributed by atoms with van der Waals surface area (Å²) in [5.74, 6) is -0.176. The fourth-order valence-corrected chi connectivity index (χ4v) is 2.40. The summed E-state index contributed by atoms with van der Waals surface area (Å²) in [7, 11) is -6.72. The molecule has 0 spiro atoms. The van der Waals surface area contributed by atoms with Gasteiger partial charge in [-0.25, -0.2) is 27.1 Å². The minimum atomic E-state index is -3.42. The first-order valence-electron chi connectivity index (χ1n) is 5.56. The topological polar surface area (TPSA) is 169 Å². The highest BCUT2D eigenvalue weighted by atomic mass is 35.5. The van der Waals surface area contributed by atoms with Crippen molar-refractivity contribution in [1.82, 2.24) is 0 Å². The molecule has 0 aliphatic heterocycles. The number of halogens is 1. The molecule has 0 amide bonds. The van der Waals surface area contributed by atoms with Crippen molar-refractivity contribution in [3.8, 4) is 0 Å². The van der Waals surface area contributed by atoms with Crippen LogP contribution in [0.25, 0.3) is 10.4 Å². The normalized spacial score (nSPS) is 14.4. The van der Waals surface area contributed by atoms with Crippen LogP contribution in [0.15, 0.2) is 5.11 Å². The average Bonchev–Trinajstić information content (AvgIpc) is 2.23. The zero-order valence-corrected chi connectivity index (χ0v) is 13.7. The Morgan fingerprint density at radius 3 is 1.75 bits per heavy atom. The van der Waals surface area contributed by atoms with Gasteiger partial charge in [-0.2, -0.15) is 0 Å². The maximum absolute atomic E-state index is 10.4. The van der Waals surface area contributed by atoms with Gasteiger partial charge in [0.1, 0.15) is 0 Å². The average molecular weight is 350 g/mol. The van der Waals surface area contributed by atoms with E-state index in [1.807, 2.05) is 0 Å². The molecule has 0 aliphatic rings. The molecule has 0 bridgehead atoms. The number of hydrogen-bond acceptors (Lipinski definition) is 5. The van der Waals surface area contributed by atoms with Gasteiger partial charge in [0.25, 0.3) is 0 Å². The molecule has 0 aromatic rings. The van der Waals surface area contributed by atoms with Crippen LogP contribution in [0.2, 0.25) is 0 Å². The second kappa shape index (κ2) is 10.2. The fraction of sp³-hybridized carbons (Fsp3) is 1.00. The van der Waals surface area contributed by atoms with Crippen molar-refractivity contribution in [1.29, 1.82) is 0 Å². The Morgan fingerprint density at radius 1 is 1.10 bits per heavy atom. The summed E-state index contributed by atoms with van der Waals surface area (Å²) < 4.78 is 41.3. The van der Waals surface area contributed by atoms with E-state index >= 15 is 0 Å². The highest BCUT2D eigenvalue weighted by Crippen LogP contribution is 2.00. The standard InChI is InChI=1S/C4H10ClNO2S.C4H10N4O2S/c1-4(5)2-3-9(6,7)8;1-4(7-8-5)2-3-11(6,9)10/h4H,2-3H2,1H3,(H2,6,7,8);4H,2-3H2,1H3,(H2,6,9,10). The third kappa shape index (κ3) is 22.6. The second-order valence-corrected chi connectivity index (χ2v) is 8.36. The number of alkyl halides is 1. The maximum Gasteiger partial charge on any atom is 0.209 e. The van der Waals surface area contributed by atoms with E-state index in [1.165, 1.54) is 0 Å². The molecule has 0 saturated heterocycles. The number of rotatable bonds is 7. The molecule has 0 aromatic carbocycles. The summed E-state index contributed by atoms with van der Waals surface area (Å²) in [4.78, 5) is 2.53. The molecule has 20 heavy (non-hydrogen) atoms. The SMILES string of the molecule is CC(CCS(N)(=O)=O)N=[N+]=[N-].CC(Cl)CCS(N)(=O)=O. The van der Waals surface area contributed by atoms with E-state index in [0.717, 1.165) is 0 Å². The Bertz CT molecular complexity index is 513. The highest BCUT2D eigenvalue weighted by molar-refractivity contribution is 7.89. The van der Waals surface area contributed by atoms with Crippen LogP contribution < -0.4 is 10.3 Å². The molecule has 120 valence electrons. The molecular weight excluding hydrogens is 330 g/mol. The zero-order chi connectivity index (χ0) is 16.4. The lowest BCUT2D eigenvalue weighted by molar-refractivity contribution is 0.588. The van der Waals surface area contributed by atoms with Crippen molar-refractivity contribution >= 4 is 31.6 Å². The molecule has 4 N–H and O–H groups in total. The smallest absolute Gasteiger partial charge is 0.209 e. The van der Waals surface area contributed by atoms with Gasteiger partial charge in [-0.1, -0.05) is 12.0 Å². The van der Waals surface area contributed by atoms with Gasteiger partial charge in [0.15, 0.2) is 0 Å². The first-order chi connectivity index (χ1) is 8.87. The van der Waals surface area contributed by atoms with E-state index in [2.05, 4.69) is 10.0 Å². The van der Waals surface area contributed by atoms with E-state index in [4.69, 9.17) is 27.4 Å². The summed E-state index contributed by atoms with van der Waals surface area (Å²) in [5.41, 5.74) is 7.94. The molecular formula is C8H20ClN5O4S2. The lowest BCUT2D eigenvalue weighted by atomic mass is 10.3. The van der Waals surface area contributed by atoms with E-state index in [-0.39, 0.29) is 29.3 Å². The van der Waals surface area contributed by atoms with Crippen LogP contribution in [0, 0.1) is 0 Å². The minimum absolute atomic E-state index is 0.0301. The Kier molecular flexibility index (Phi) is 11.1. The van der Waals surface area contributed by atoms with Crippen molar-refractivity contribution in [2.45, 2.75) is 38.1 Å². The Hall–Kier alpha value is -0.580. The number of sulfonamides is 2. The van der Waals surface area contributed by atoms with Gasteiger partial charge in [0.2, 0.25) is 20.0 Å². The van der Waals surface area contributed by atoms with Crippen molar-refractivity contribution in [3.05, 3.63) is 10.4 Å². The lowest BCUT2D eigenvalue weighted by Gasteiger charge is -2.00. The largest absolute Gasteiger partial charge is 0.229 e. The molecule has 12 heteroatoms. The summed E-state index contributed by atoms with van der Waals surface area (Å²) in [6.07, 6.45) is 0.684. The number of hydrogen-bond donors (Lipinski definition) is 2. The van der Waals surface area contributed by atoms with E-state index in [9.17, 15) is 16.8 Å². The summed E-state index contributed by atoms with van der Waals surface area (Å²) in [6.45, 7) is 3.36. The molecule has 9 nitrogen and oxygen atoms in total. The van der Waals surface area contributed by atoms with Gasteiger partial charge in [-0.3, -0.25) is 0 Å². The number of azide groups is 1. The summed E-state index contributed by atoms with van der Waals surface area (Å²) >= 11 is 5.46. The minimum Gasteiger partial charge on any atom is -0.229 e. The molecule has 0 fully saturated rings. The summed E-state index contributed by atoms with van der Waals surface area (Å²) in [5, 5.41) is 12.6. The lowest BCUT2D eigenvalue weighted by Crippen LogP contribution is -2.18. The molecule has 0 radical (unpaired) electrons. The first-order valence-corrected chi connectivity index (χ1v) is 9.43. The fourth-order valence-electron chi connectivity index (χ4n) is 0.807. The van der Waals surface area contributed by atoms with Crippen LogP contribution in [0.4, 0.5) is 0 Å². The van der Waals surface area contributed by atoms with E-state index < -0.39 is 20.0 Å². The third-order valence-electron chi connectivity index (χ3n) is 1.87. The van der Waals surface area contributed by atoms with Crippen LogP contribution in [-0.2, 0) is 20.0 Å². The van der Waals surface area contributed by atoms with E-state index in [0.29, 0.717) is 6.42 Å². The first kappa shape index (κ1) is 21.7. The van der Waals surface area contributed by atoms with Crippen molar-refractivity contribution in [2.75, 3.05) is 11.5 Å². The predicted molar refractivity (Wildman–Crippen MR) is 79.1 cm³/mol.